The molecule has 0 aliphatic rings. The lowest BCUT2D eigenvalue weighted by Crippen LogP contribution is -2.18. The topological polar surface area (TPSA) is 71.3 Å². The van der Waals surface area contributed by atoms with Gasteiger partial charge < -0.3 is 9.73 Å². The van der Waals surface area contributed by atoms with Gasteiger partial charge in [0.05, 0.1) is 6.54 Å². The molecule has 0 saturated carbocycles. The number of furan rings is 1. The third-order valence-electron chi connectivity index (χ3n) is 2.64. The van der Waals surface area contributed by atoms with Gasteiger partial charge >= 0.3 is 0 Å². The lowest BCUT2D eigenvalue weighted by Gasteiger charge is -2.01. The van der Waals surface area contributed by atoms with Crippen molar-refractivity contribution in [3.63, 3.8) is 0 Å². The minimum atomic E-state index is -3.49. The zero-order valence-electron chi connectivity index (χ0n) is 10.5. The average Bonchev–Trinajstić information content (AvgIpc) is 3.06. The Hall–Kier alpha value is -1.15. The maximum atomic E-state index is 11.5. The number of sulfonamides is 1. The van der Waals surface area contributed by atoms with Gasteiger partial charge in [0.15, 0.2) is 0 Å². The van der Waals surface area contributed by atoms with Crippen LogP contribution >= 0.6 is 11.3 Å². The molecule has 0 fully saturated rings. The molecule has 0 unspecified atom stereocenters. The molecule has 2 heterocycles. The van der Waals surface area contributed by atoms with Crippen LogP contribution in [0.4, 0.5) is 0 Å². The second-order valence-corrected chi connectivity index (χ2v) is 6.58. The molecule has 0 aliphatic heterocycles. The van der Waals surface area contributed by atoms with Crippen LogP contribution in [-0.2, 0) is 23.0 Å². The number of nitrogens with one attached hydrogen (secondary N) is 2. The van der Waals surface area contributed by atoms with Gasteiger partial charge in [-0.1, -0.05) is 0 Å². The van der Waals surface area contributed by atoms with Crippen LogP contribution in [0.25, 0.3) is 0 Å². The van der Waals surface area contributed by atoms with Crippen molar-refractivity contribution in [1.82, 2.24) is 10.0 Å². The van der Waals surface area contributed by atoms with Crippen molar-refractivity contribution in [2.75, 3.05) is 13.6 Å². The highest BCUT2D eigenvalue weighted by Gasteiger charge is 2.15. The van der Waals surface area contributed by atoms with Gasteiger partial charge in [-0.15, -0.1) is 0 Å². The monoisotopic (exact) mass is 300 g/mol. The first-order valence-electron chi connectivity index (χ1n) is 5.86. The van der Waals surface area contributed by atoms with E-state index in [-0.39, 0.29) is 5.09 Å². The summed E-state index contributed by atoms with van der Waals surface area (Å²) < 4.78 is 30.4. The Morgan fingerprint density at radius 3 is 2.84 bits per heavy atom. The second kappa shape index (κ2) is 6.33. The number of rotatable bonds is 7. The first-order chi connectivity index (χ1) is 9.12. The van der Waals surface area contributed by atoms with E-state index in [9.17, 15) is 8.42 Å². The Labute approximate surface area is 116 Å². The summed E-state index contributed by atoms with van der Waals surface area (Å²) in [5.74, 6) is 0.610. The summed E-state index contributed by atoms with van der Waals surface area (Å²) in [6, 6.07) is 5.22. The number of hydrogen-bond acceptors (Lipinski definition) is 5. The van der Waals surface area contributed by atoms with E-state index in [4.69, 9.17) is 4.42 Å². The van der Waals surface area contributed by atoms with Crippen LogP contribution in [0.5, 0.6) is 0 Å². The summed E-state index contributed by atoms with van der Waals surface area (Å²) in [5.41, 5.74) is 1.30. The van der Waals surface area contributed by atoms with Crippen molar-refractivity contribution in [1.29, 1.82) is 0 Å². The fraction of sp³-hybridized carbons (Fsp3) is 0.333. The van der Waals surface area contributed by atoms with Gasteiger partial charge in [-0.25, -0.2) is 13.1 Å². The standard InChI is InChI=1S/C12H16N2O3S2/c1-13-19(15,16)12-3-2-11(17-12)8-14-6-4-10-5-7-18-9-10/h2-3,5,7,9,13-14H,4,6,8H2,1H3. The molecule has 0 saturated heterocycles. The fourth-order valence-electron chi connectivity index (χ4n) is 1.58. The maximum absolute atomic E-state index is 11.5. The zero-order chi connectivity index (χ0) is 13.7. The summed E-state index contributed by atoms with van der Waals surface area (Å²) >= 11 is 1.68. The highest BCUT2D eigenvalue weighted by Crippen LogP contribution is 2.13. The molecule has 0 bridgehead atoms. The molecule has 2 aromatic rings. The van der Waals surface area contributed by atoms with Gasteiger partial charge in [-0.3, -0.25) is 0 Å². The Morgan fingerprint density at radius 2 is 2.16 bits per heavy atom. The van der Waals surface area contributed by atoms with Gasteiger partial charge in [-0.2, -0.15) is 11.3 Å². The Kier molecular flexibility index (Phi) is 4.76. The molecule has 5 nitrogen and oxygen atoms in total. The molecule has 0 amide bonds. The summed E-state index contributed by atoms with van der Waals surface area (Å²) in [5, 5.41) is 7.34. The highest BCUT2D eigenvalue weighted by atomic mass is 32.2. The largest absolute Gasteiger partial charge is 0.447 e. The molecule has 2 rings (SSSR count). The molecule has 19 heavy (non-hydrogen) atoms. The van der Waals surface area contributed by atoms with Crippen molar-refractivity contribution in [3.05, 3.63) is 40.3 Å². The summed E-state index contributed by atoms with van der Waals surface area (Å²) in [4.78, 5) is 0. The van der Waals surface area contributed by atoms with E-state index in [1.54, 1.807) is 17.4 Å². The second-order valence-electron chi connectivity index (χ2n) is 3.99. The predicted octanol–water partition coefficient (Wildman–Crippen LogP) is 1.58. The molecule has 104 valence electrons. The lowest BCUT2D eigenvalue weighted by molar-refractivity contribution is 0.401. The maximum Gasteiger partial charge on any atom is 0.273 e. The molecular weight excluding hydrogens is 284 g/mol. The SMILES string of the molecule is CNS(=O)(=O)c1ccc(CNCCc2ccsc2)o1. The van der Waals surface area contributed by atoms with E-state index in [1.807, 2.05) is 0 Å². The average molecular weight is 300 g/mol. The van der Waals surface area contributed by atoms with Crippen LogP contribution in [0.3, 0.4) is 0 Å². The Balaban J connectivity index is 1.81. The Bertz CT molecular complexity index is 603. The first-order valence-corrected chi connectivity index (χ1v) is 8.28. The van der Waals surface area contributed by atoms with Crippen LogP contribution in [0.1, 0.15) is 11.3 Å². The van der Waals surface area contributed by atoms with E-state index < -0.39 is 10.0 Å². The molecule has 7 heteroatoms. The van der Waals surface area contributed by atoms with Crippen molar-refractivity contribution < 1.29 is 12.8 Å². The molecule has 2 aromatic heterocycles. The first kappa shape index (κ1) is 14.3. The molecule has 2 N–H and O–H groups in total. The van der Waals surface area contributed by atoms with E-state index in [0.717, 1.165) is 13.0 Å². The number of thiophene rings is 1. The van der Waals surface area contributed by atoms with Crippen LogP contribution in [0.15, 0.2) is 38.5 Å². The fourth-order valence-corrected chi connectivity index (χ4v) is 2.95. The van der Waals surface area contributed by atoms with E-state index >= 15 is 0 Å². The summed E-state index contributed by atoms with van der Waals surface area (Å²) in [6.07, 6.45) is 0.950. The van der Waals surface area contributed by atoms with Crippen molar-refractivity contribution in [2.24, 2.45) is 0 Å². The summed E-state index contributed by atoms with van der Waals surface area (Å²) in [7, 11) is -2.13. The van der Waals surface area contributed by atoms with Crippen LogP contribution in [-0.4, -0.2) is 22.0 Å². The molecule has 0 aromatic carbocycles. The van der Waals surface area contributed by atoms with Gasteiger partial charge in [0.1, 0.15) is 5.76 Å². The Morgan fingerprint density at radius 1 is 1.32 bits per heavy atom. The predicted molar refractivity (Wildman–Crippen MR) is 74.7 cm³/mol. The smallest absolute Gasteiger partial charge is 0.273 e. The van der Waals surface area contributed by atoms with Crippen LogP contribution in [0, 0.1) is 0 Å². The third kappa shape index (κ3) is 3.90. The van der Waals surface area contributed by atoms with Gasteiger partial charge in [0.25, 0.3) is 10.0 Å². The summed E-state index contributed by atoms with van der Waals surface area (Å²) in [6.45, 7) is 1.34. The van der Waals surface area contributed by atoms with E-state index in [2.05, 4.69) is 26.9 Å². The normalized spacial score (nSPS) is 11.8. The van der Waals surface area contributed by atoms with E-state index in [1.165, 1.54) is 18.7 Å². The van der Waals surface area contributed by atoms with Crippen LogP contribution < -0.4 is 10.0 Å². The van der Waals surface area contributed by atoms with Crippen molar-refractivity contribution in [3.8, 4) is 0 Å². The minimum Gasteiger partial charge on any atom is -0.447 e. The highest BCUT2D eigenvalue weighted by molar-refractivity contribution is 7.89. The number of hydrogen-bond donors (Lipinski definition) is 2. The molecule has 0 aliphatic carbocycles. The molecule has 0 spiro atoms. The zero-order valence-corrected chi connectivity index (χ0v) is 12.2. The molecule has 0 radical (unpaired) electrons. The van der Waals surface area contributed by atoms with Gasteiger partial charge in [0.2, 0.25) is 5.09 Å². The van der Waals surface area contributed by atoms with Gasteiger partial charge in [0, 0.05) is 0 Å². The molecule has 0 atom stereocenters. The lowest BCUT2D eigenvalue weighted by atomic mass is 10.2. The van der Waals surface area contributed by atoms with Crippen LogP contribution in [0.2, 0.25) is 0 Å². The van der Waals surface area contributed by atoms with Crippen molar-refractivity contribution >= 4 is 21.4 Å². The third-order valence-corrected chi connectivity index (χ3v) is 4.66. The quantitative estimate of drug-likeness (QED) is 0.762. The van der Waals surface area contributed by atoms with Crippen molar-refractivity contribution in [2.45, 2.75) is 18.1 Å². The van der Waals surface area contributed by atoms with Gasteiger partial charge in [-0.05, 0) is 54.5 Å². The van der Waals surface area contributed by atoms with E-state index in [0.29, 0.717) is 12.3 Å². The molecular formula is C12H16N2O3S2. The minimum absolute atomic E-state index is 0.0513.